The summed E-state index contributed by atoms with van der Waals surface area (Å²) in [5, 5.41) is 15.6. The molecule has 5 heteroatoms. The zero-order valence-corrected chi connectivity index (χ0v) is 10.1. The molecule has 0 aliphatic heterocycles. The molecule has 3 rings (SSSR count). The number of rotatable bonds is 1. The highest BCUT2D eigenvalue weighted by Gasteiger charge is 2.23. The number of aromatic nitrogens is 2. The lowest BCUT2D eigenvalue weighted by Crippen LogP contribution is -2.22. The summed E-state index contributed by atoms with van der Waals surface area (Å²) in [6.07, 6.45) is 2.23. The van der Waals surface area contributed by atoms with E-state index in [0.29, 0.717) is 17.7 Å². The Morgan fingerprint density at radius 1 is 1.26 bits per heavy atom. The van der Waals surface area contributed by atoms with Crippen molar-refractivity contribution in [2.45, 2.75) is 19.3 Å². The maximum atomic E-state index is 11.7. The van der Waals surface area contributed by atoms with Crippen LogP contribution in [0, 0.1) is 0 Å². The van der Waals surface area contributed by atoms with Crippen LogP contribution in [0.25, 0.3) is 11.3 Å². The summed E-state index contributed by atoms with van der Waals surface area (Å²) in [5.74, 6) is -1.20. The molecule has 0 radical (unpaired) electrons. The standard InChI is InChI=1S/C14H12N2O3/c17-13-11(14(18)19)10-7-3-5-8-4-1-2-6-9(8)12(10)15-16-13/h1-2,4,6H,3,5,7H2,(H,16,17)(H,18,19). The molecular weight excluding hydrogens is 244 g/mol. The van der Waals surface area contributed by atoms with Gasteiger partial charge in [-0.25, -0.2) is 9.89 Å². The molecular formula is C14H12N2O3. The first-order valence-electron chi connectivity index (χ1n) is 6.11. The Labute approximate surface area is 108 Å². The largest absolute Gasteiger partial charge is 0.477 e. The van der Waals surface area contributed by atoms with Gasteiger partial charge >= 0.3 is 5.97 Å². The molecule has 1 aromatic heterocycles. The lowest BCUT2D eigenvalue weighted by molar-refractivity contribution is 0.0693. The molecule has 0 fully saturated rings. The van der Waals surface area contributed by atoms with Crippen LogP contribution in [0.15, 0.2) is 29.1 Å². The summed E-state index contributed by atoms with van der Waals surface area (Å²) in [7, 11) is 0. The summed E-state index contributed by atoms with van der Waals surface area (Å²) in [4.78, 5) is 22.9. The van der Waals surface area contributed by atoms with Crippen LogP contribution in [0.3, 0.4) is 0 Å². The van der Waals surface area contributed by atoms with E-state index in [9.17, 15) is 14.7 Å². The van der Waals surface area contributed by atoms with Crippen molar-refractivity contribution in [1.82, 2.24) is 10.2 Å². The van der Waals surface area contributed by atoms with Crippen molar-refractivity contribution >= 4 is 5.97 Å². The third kappa shape index (κ3) is 1.83. The van der Waals surface area contributed by atoms with E-state index in [1.54, 1.807) is 0 Å². The number of nitrogens with zero attached hydrogens (tertiary/aromatic N) is 1. The Balaban J connectivity index is 2.35. The minimum atomic E-state index is -1.20. The van der Waals surface area contributed by atoms with Gasteiger partial charge in [0, 0.05) is 11.1 Å². The maximum Gasteiger partial charge on any atom is 0.341 e. The van der Waals surface area contributed by atoms with Gasteiger partial charge in [-0.1, -0.05) is 24.3 Å². The Kier molecular flexibility index (Phi) is 2.67. The maximum absolute atomic E-state index is 11.7. The molecule has 1 aliphatic rings. The number of carbonyl (C=O) groups is 1. The van der Waals surface area contributed by atoms with Crippen molar-refractivity contribution < 1.29 is 9.90 Å². The number of hydrogen-bond donors (Lipinski definition) is 2. The Bertz CT molecular complexity index is 719. The van der Waals surface area contributed by atoms with E-state index in [0.717, 1.165) is 24.0 Å². The van der Waals surface area contributed by atoms with E-state index in [1.165, 1.54) is 0 Å². The van der Waals surface area contributed by atoms with Gasteiger partial charge < -0.3 is 5.11 Å². The van der Waals surface area contributed by atoms with Crippen LogP contribution in [0.1, 0.15) is 27.9 Å². The van der Waals surface area contributed by atoms with E-state index >= 15 is 0 Å². The third-order valence-corrected chi connectivity index (χ3v) is 3.44. The monoisotopic (exact) mass is 256 g/mol. The molecule has 1 aliphatic carbocycles. The highest BCUT2D eigenvalue weighted by molar-refractivity contribution is 5.91. The van der Waals surface area contributed by atoms with E-state index in [1.807, 2.05) is 24.3 Å². The second-order valence-electron chi connectivity index (χ2n) is 4.57. The van der Waals surface area contributed by atoms with Crippen LogP contribution in [-0.2, 0) is 12.8 Å². The summed E-state index contributed by atoms with van der Waals surface area (Å²) in [6, 6.07) is 7.77. The van der Waals surface area contributed by atoms with Crippen molar-refractivity contribution in [1.29, 1.82) is 0 Å². The van der Waals surface area contributed by atoms with Crippen molar-refractivity contribution in [3.8, 4) is 11.3 Å². The topological polar surface area (TPSA) is 83.0 Å². The smallest absolute Gasteiger partial charge is 0.341 e. The van der Waals surface area contributed by atoms with Crippen LogP contribution < -0.4 is 5.56 Å². The second-order valence-corrected chi connectivity index (χ2v) is 4.57. The number of fused-ring (bicyclic) bond motifs is 3. The van der Waals surface area contributed by atoms with Gasteiger partial charge in [-0.15, -0.1) is 0 Å². The lowest BCUT2D eigenvalue weighted by atomic mass is 10.00. The molecule has 0 bridgehead atoms. The van der Waals surface area contributed by atoms with Gasteiger partial charge in [-0.05, 0) is 24.8 Å². The van der Waals surface area contributed by atoms with Crippen molar-refractivity contribution in [2.24, 2.45) is 0 Å². The summed E-state index contributed by atoms with van der Waals surface area (Å²) in [6.45, 7) is 0. The predicted octanol–water partition coefficient (Wildman–Crippen LogP) is 1.62. The lowest BCUT2D eigenvalue weighted by Gasteiger charge is -2.09. The van der Waals surface area contributed by atoms with Gasteiger partial charge in [0.2, 0.25) is 0 Å². The molecule has 2 aromatic rings. The minimum Gasteiger partial charge on any atom is -0.477 e. The molecule has 0 saturated heterocycles. The van der Waals surface area contributed by atoms with Crippen molar-refractivity contribution in [3.63, 3.8) is 0 Å². The Morgan fingerprint density at radius 3 is 2.84 bits per heavy atom. The minimum absolute atomic E-state index is 0.179. The average Bonchev–Trinajstić information content (AvgIpc) is 2.57. The van der Waals surface area contributed by atoms with Crippen LogP contribution in [0.5, 0.6) is 0 Å². The molecule has 5 nitrogen and oxygen atoms in total. The number of aromatic amines is 1. The molecule has 0 saturated carbocycles. The van der Waals surface area contributed by atoms with Crippen LogP contribution in [0.2, 0.25) is 0 Å². The molecule has 0 spiro atoms. The summed E-state index contributed by atoms with van der Waals surface area (Å²) >= 11 is 0. The SMILES string of the molecule is O=C(O)c1c2c(n[nH]c1=O)-c1ccccc1CCC2. The van der Waals surface area contributed by atoms with Gasteiger partial charge in [-0.3, -0.25) is 4.79 Å². The number of carboxylic acids is 1. The van der Waals surface area contributed by atoms with E-state index in [4.69, 9.17) is 0 Å². The molecule has 0 atom stereocenters. The molecule has 1 heterocycles. The number of aromatic carboxylic acids is 1. The fourth-order valence-electron chi connectivity index (χ4n) is 2.60. The Morgan fingerprint density at radius 2 is 2.05 bits per heavy atom. The van der Waals surface area contributed by atoms with Gasteiger partial charge in [0.15, 0.2) is 0 Å². The summed E-state index contributed by atoms with van der Waals surface area (Å²) < 4.78 is 0. The summed E-state index contributed by atoms with van der Waals surface area (Å²) in [5.41, 5.74) is 2.37. The zero-order valence-electron chi connectivity index (χ0n) is 10.1. The van der Waals surface area contributed by atoms with E-state index in [-0.39, 0.29) is 5.56 Å². The van der Waals surface area contributed by atoms with Gasteiger partial charge in [-0.2, -0.15) is 5.10 Å². The Hall–Kier alpha value is -2.43. The van der Waals surface area contributed by atoms with Crippen molar-refractivity contribution in [3.05, 3.63) is 51.3 Å². The van der Waals surface area contributed by atoms with Crippen LogP contribution in [0.4, 0.5) is 0 Å². The number of nitrogens with one attached hydrogen (secondary N) is 1. The normalized spacial score (nSPS) is 13.3. The first kappa shape index (κ1) is 11.6. The number of H-pyrrole nitrogens is 1. The molecule has 1 aromatic carbocycles. The number of carboxylic acid groups (broad SMARTS) is 1. The fourth-order valence-corrected chi connectivity index (χ4v) is 2.60. The van der Waals surface area contributed by atoms with Gasteiger partial charge in [0.25, 0.3) is 5.56 Å². The first-order chi connectivity index (χ1) is 9.18. The molecule has 96 valence electrons. The predicted molar refractivity (Wildman–Crippen MR) is 69.3 cm³/mol. The van der Waals surface area contributed by atoms with Gasteiger partial charge in [0.05, 0.1) is 5.69 Å². The zero-order chi connectivity index (χ0) is 13.4. The number of aryl methyl sites for hydroxylation is 1. The second kappa shape index (κ2) is 4.35. The first-order valence-corrected chi connectivity index (χ1v) is 6.11. The van der Waals surface area contributed by atoms with E-state index in [2.05, 4.69) is 10.2 Å². The van der Waals surface area contributed by atoms with Crippen molar-refractivity contribution in [2.75, 3.05) is 0 Å². The van der Waals surface area contributed by atoms with Crippen LogP contribution in [-0.4, -0.2) is 21.3 Å². The quantitative estimate of drug-likeness (QED) is 0.812. The van der Waals surface area contributed by atoms with Crippen LogP contribution >= 0.6 is 0 Å². The molecule has 0 unspecified atom stereocenters. The highest BCUT2D eigenvalue weighted by Crippen LogP contribution is 2.30. The van der Waals surface area contributed by atoms with Gasteiger partial charge in [0.1, 0.15) is 5.56 Å². The molecule has 19 heavy (non-hydrogen) atoms. The molecule has 0 amide bonds. The number of benzene rings is 1. The third-order valence-electron chi connectivity index (χ3n) is 3.44. The number of hydrogen-bond acceptors (Lipinski definition) is 3. The van der Waals surface area contributed by atoms with E-state index < -0.39 is 11.5 Å². The molecule has 2 N–H and O–H groups in total. The fraction of sp³-hybridized carbons (Fsp3) is 0.214. The highest BCUT2D eigenvalue weighted by atomic mass is 16.4. The average molecular weight is 256 g/mol.